The predicted octanol–water partition coefficient (Wildman–Crippen LogP) is 5.90. The van der Waals surface area contributed by atoms with Gasteiger partial charge in [-0.1, -0.05) is 42.3 Å². The summed E-state index contributed by atoms with van der Waals surface area (Å²) in [7, 11) is 0. The van der Waals surface area contributed by atoms with Gasteiger partial charge in [-0.05, 0) is 49.9 Å². The standard InChI is InChI=1S/C27H34Cl2N6/c1-3-23-18-34(27-25(29)16-21(17-32-27)26-30-10-11-31-26)14-15-35(23)24-8-12-33(13-9-24)19(2)20-4-6-22(28)7-5-20/h4-7,10-11,16-17,19,23-24H,3,8-9,12-15,18H2,1-2H3,(H,30,31)/t19-,23+/m1/s1. The van der Waals surface area contributed by atoms with E-state index in [0.717, 1.165) is 61.4 Å². The minimum atomic E-state index is 0.421. The maximum atomic E-state index is 6.69. The van der Waals surface area contributed by atoms with Gasteiger partial charge < -0.3 is 9.88 Å². The highest BCUT2D eigenvalue weighted by Gasteiger charge is 2.34. The van der Waals surface area contributed by atoms with Gasteiger partial charge in [0.15, 0.2) is 0 Å². The van der Waals surface area contributed by atoms with Crippen molar-refractivity contribution in [2.45, 2.75) is 51.2 Å². The molecule has 4 heterocycles. The van der Waals surface area contributed by atoms with Crippen LogP contribution in [0.3, 0.4) is 0 Å². The monoisotopic (exact) mass is 512 g/mol. The Morgan fingerprint density at radius 3 is 2.49 bits per heavy atom. The largest absolute Gasteiger partial charge is 0.353 e. The fraction of sp³-hybridized carbons (Fsp3) is 0.481. The molecule has 1 aromatic carbocycles. The predicted molar refractivity (Wildman–Crippen MR) is 144 cm³/mol. The molecule has 0 saturated carbocycles. The third kappa shape index (κ3) is 5.36. The molecule has 2 aromatic heterocycles. The van der Waals surface area contributed by atoms with Gasteiger partial charge in [-0.15, -0.1) is 0 Å². The molecule has 6 nitrogen and oxygen atoms in total. The van der Waals surface area contributed by atoms with Crippen LogP contribution in [0.4, 0.5) is 5.82 Å². The topological polar surface area (TPSA) is 51.3 Å². The first-order valence-corrected chi connectivity index (χ1v) is 13.4. The van der Waals surface area contributed by atoms with E-state index in [0.29, 0.717) is 23.1 Å². The number of piperazine rings is 1. The van der Waals surface area contributed by atoms with E-state index in [1.54, 1.807) is 6.20 Å². The Hall–Kier alpha value is -2.12. The van der Waals surface area contributed by atoms with E-state index < -0.39 is 0 Å². The molecule has 0 spiro atoms. The molecule has 0 amide bonds. The molecular formula is C27H34Cl2N6. The summed E-state index contributed by atoms with van der Waals surface area (Å²) >= 11 is 12.8. The number of rotatable bonds is 6. The summed E-state index contributed by atoms with van der Waals surface area (Å²) in [6.45, 7) is 9.84. The number of benzene rings is 1. The Morgan fingerprint density at radius 1 is 1.06 bits per heavy atom. The number of nitrogens with one attached hydrogen (secondary N) is 1. The number of H-pyrrole nitrogens is 1. The normalized spacial score (nSPS) is 21.4. The third-order valence-corrected chi connectivity index (χ3v) is 8.29. The van der Waals surface area contributed by atoms with Crippen LogP contribution in [0.5, 0.6) is 0 Å². The first-order chi connectivity index (χ1) is 17.0. The van der Waals surface area contributed by atoms with Crippen molar-refractivity contribution in [1.82, 2.24) is 24.8 Å². The molecule has 0 unspecified atom stereocenters. The highest BCUT2D eigenvalue weighted by molar-refractivity contribution is 6.33. The SMILES string of the molecule is CC[C@H]1CN(c2ncc(-c3ncc[nH]3)cc2Cl)CCN1C1CCN([C@H](C)c2ccc(Cl)cc2)CC1. The summed E-state index contributed by atoms with van der Waals surface area (Å²) in [5.41, 5.74) is 2.25. The van der Waals surface area contributed by atoms with E-state index in [-0.39, 0.29) is 0 Å². The number of imidazole rings is 1. The van der Waals surface area contributed by atoms with Crippen molar-refractivity contribution in [3.8, 4) is 11.4 Å². The summed E-state index contributed by atoms with van der Waals surface area (Å²) in [5.74, 6) is 1.67. The molecule has 0 aliphatic carbocycles. The second-order valence-electron chi connectivity index (χ2n) is 9.71. The van der Waals surface area contributed by atoms with Crippen molar-refractivity contribution in [2.24, 2.45) is 0 Å². The lowest BCUT2D eigenvalue weighted by molar-refractivity contribution is 0.0515. The Balaban J connectivity index is 1.20. The van der Waals surface area contributed by atoms with Crippen molar-refractivity contribution >= 4 is 29.0 Å². The number of nitrogens with zero attached hydrogens (tertiary/aromatic N) is 5. The number of aromatic nitrogens is 3. The average molecular weight is 514 g/mol. The number of pyridine rings is 1. The van der Waals surface area contributed by atoms with Gasteiger partial charge in [-0.25, -0.2) is 9.97 Å². The molecule has 2 fully saturated rings. The molecule has 0 radical (unpaired) electrons. The zero-order chi connectivity index (χ0) is 24.4. The van der Waals surface area contributed by atoms with E-state index in [1.165, 1.54) is 18.4 Å². The van der Waals surface area contributed by atoms with Gasteiger partial charge in [0.2, 0.25) is 0 Å². The van der Waals surface area contributed by atoms with Crippen molar-refractivity contribution < 1.29 is 0 Å². The van der Waals surface area contributed by atoms with E-state index in [4.69, 9.17) is 28.2 Å². The summed E-state index contributed by atoms with van der Waals surface area (Å²) < 4.78 is 0. The summed E-state index contributed by atoms with van der Waals surface area (Å²) in [5, 5.41) is 1.49. The van der Waals surface area contributed by atoms with Gasteiger partial charge in [-0.3, -0.25) is 9.80 Å². The molecule has 186 valence electrons. The van der Waals surface area contributed by atoms with Crippen molar-refractivity contribution in [1.29, 1.82) is 0 Å². The zero-order valence-electron chi connectivity index (χ0n) is 20.5. The summed E-state index contributed by atoms with van der Waals surface area (Å²) in [4.78, 5) is 19.9. The summed E-state index contributed by atoms with van der Waals surface area (Å²) in [6.07, 6.45) is 8.97. The fourth-order valence-corrected chi connectivity index (χ4v) is 6.09. The number of anilines is 1. The minimum Gasteiger partial charge on any atom is -0.353 e. The Labute approximate surface area is 218 Å². The van der Waals surface area contributed by atoms with Gasteiger partial charge in [0.05, 0.1) is 5.02 Å². The number of piperidine rings is 1. The van der Waals surface area contributed by atoms with E-state index in [2.05, 4.69) is 50.6 Å². The number of hydrogen-bond acceptors (Lipinski definition) is 5. The number of hydrogen-bond donors (Lipinski definition) is 1. The van der Waals surface area contributed by atoms with Gasteiger partial charge in [0.25, 0.3) is 0 Å². The lowest BCUT2D eigenvalue weighted by Crippen LogP contribution is -2.58. The number of halogens is 2. The molecule has 2 aliphatic heterocycles. The van der Waals surface area contributed by atoms with Gasteiger partial charge in [0.1, 0.15) is 11.6 Å². The molecule has 5 rings (SSSR count). The van der Waals surface area contributed by atoms with Crippen LogP contribution < -0.4 is 4.90 Å². The molecule has 2 aliphatic rings. The van der Waals surface area contributed by atoms with Gasteiger partial charge in [-0.2, -0.15) is 0 Å². The smallest absolute Gasteiger partial charge is 0.147 e. The Bertz CT molecular complexity index is 1100. The van der Waals surface area contributed by atoms with Crippen LogP contribution >= 0.6 is 23.2 Å². The Kier molecular flexibility index (Phi) is 7.63. The highest BCUT2D eigenvalue weighted by atomic mass is 35.5. The van der Waals surface area contributed by atoms with E-state index in [1.807, 2.05) is 30.6 Å². The van der Waals surface area contributed by atoms with Crippen LogP contribution in [-0.2, 0) is 0 Å². The van der Waals surface area contributed by atoms with Crippen LogP contribution in [0.15, 0.2) is 48.9 Å². The van der Waals surface area contributed by atoms with Crippen LogP contribution in [0, 0.1) is 0 Å². The van der Waals surface area contributed by atoms with Crippen LogP contribution in [0.2, 0.25) is 10.0 Å². The molecular weight excluding hydrogens is 479 g/mol. The molecule has 8 heteroatoms. The zero-order valence-corrected chi connectivity index (χ0v) is 22.0. The molecule has 2 saturated heterocycles. The second-order valence-corrected chi connectivity index (χ2v) is 10.6. The maximum absolute atomic E-state index is 6.69. The van der Waals surface area contributed by atoms with E-state index >= 15 is 0 Å². The van der Waals surface area contributed by atoms with Crippen molar-refractivity contribution in [3.63, 3.8) is 0 Å². The minimum absolute atomic E-state index is 0.421. The van der Waals surface area contributed by atoms with Crippen LogP contribution in [0.25, 0.3) is 11.4 Å². The Morgan fingerprint density at radius 2 is 1.83 bits per heavy atom. The first kappa shape index (κ1) is 24.6. The van der Waals surface area contributed by atoms with Crippen LogP contribution in [0.1, 0.15) is 44.7 Å². The molecule has 35 heavy (non-hydrogen) atoms. The lowest BCUT2D eigenvalue weighted by atomic mass is 9.96. The van der Waals surface area contributed by atoms with Crippen LogP contribution in [-0.4, -0.2) is 69.6 Å². The third-order valence-electron chi connectivity index (χ3n) is 7.76. The molecule has 0 bridgehead atoms. The molecule has 3 aromatic rings. The van der Waals surface area contributed by atoms with Crippen molar-refractivity contribution in [3.05, 3.63) is 64.5 Å². The average Bonchev–Trinajstić information content (AvgIpc) is 3.44. The maximum Gasteiger partial charge on any atom is 0.147 e. The number of aromatic amines is 1. The van der Waals surface area contributed by atoms with E-state index in [9.17, 15) is 0 Å². The van der Waals surface area contributed by atoms with Crippen molar-refractivity contribution in [2.75, 3.05) is 37.6 Å². The number of likely N-dealkylation sites (tertiary alicyclic amines) is 1. The second kappa shape index (κ2) is 10.9. The fourth-order valence-electron chi connectivity index (χ4n) is 5.68. The highest BCUT2D eigenvalue weighted by Crippen LogP contribution is 2.32. The van der Waals surface area contributed by atoms with Gasteiger partial charge in [0, 0.05) is 80.0 Å². The lowest BCUT2D eigenvalue weighted by Gasteiger charge is -2.48. The summed E-state index contributed by atoms with van der Waals surface area (Å²) in [6, 6.07) is 11.8. The molecule has 1 N–H and O–H groups in total. The quantitative estimate of drug-likeness (QED) is 0.445. The first-order valence-electron chi connectivity index (χ1n) is 12.7. The van der Waals surface area contributed by atoms with Gasteiger partial charge >= 0.3 is 0 Å². The molecule has 2 atom stereocenters.